The maximum Gasteiger partial charge on any atom is 0.309 e. The fourth-order valence-corrected chi connectivity index (χ4v) is 8.28. The standard InChI is InChI=1S/C41H76O9/c1-5-6-7-8-9-13-16-19-22-35(46-30-44-3)37-24-26-39(49-37)40-27-25-38(50-40)36(47-31-45-4)23-20-17-14-11-10-12-15-18-21-34(42)29-33-28-32(2)48-41(33)43/h32-40,42H,5-31H2,1-4H3/t32-,33?,34+,35+,36+,37+,38+,39+,40+/m0/s1. The van der Waals surface area contributed by atoms with Gasteiger partial charge in [0, 0.05) is 14.2 Å². The quantitative estimate of drug-likeness (QED) is 0.0428. The zero-order valence-corrected chi connectivity index (χ0v) is 32.5. The van der Waals surface area contributed by atoms with E-state index in [0.717, 1.165) is 70.6 Å². The van der Waals surface area contributed by atoms with Crippen molar-refractivity contribution in [3.05, 3.63) is 0 Å². The molecule has 50 heavy (non-hydrogen) atoms. The van der Waals surface area contributed by atoms with Gasteiger partial charge in [0.15, 0.2) is 0 Å². The molecule has 3 rings (SSSR count). The number of carbonyl (C=O) groups is 1. The summed E-state index contributed by atoms with van der Waals surface area (Å²) in [6.07, 6.45) is 28.2. The Morgan fingerprint density at radius 3 is 1.52 bits per heavy atom. The average Bonchev–Trinajstić information content (AvgIpc) is 3.86. The molecule has 3 heterocycles. The number of carbonyl (C=O) groups excluding carboxylic acids is 1. The third-order valence-electron chi connectivity index (χ3n) is 11.2. The van der Waals surface area contributed by atoms with Crippen LogP contribution in [0.2, 0.25) is 0 Å². The Morgan fingerprint density at radius 2 is 1.10 bits per heavy atom. The van der Waals surface area contributed by atoms with E-state index in [1.165, 1.54) is 83.5 Å². The van der Waals surface area contributed by atoms with Crippen molar-refractivity contribution in [2.75, 3.05) is 27.8 Å². The van der Waals surface area contributed by atoms with Crippen molar-refractivity contribution >= 4 is 5.97 Å². The highest BCUT2D eigenvalue weighted by atomic mass is 16.7. The molecule has 9 atom stereocenters. The highest BCUT2D eigenvalue weighted by Crippen LogP contribution is 2.36. The van der Waals surface area contributed by atoms with Gasteiger partial charge in [0.05, 0.1) is 54.7 Å². The minimum Gasteiger partial charge on any atom is -0.462 e. The molecule has 0 saturated carbocycles. The number of cyclic esters (lactones) is 1. The molecule has 0 aromatic carbocycles. The average molecular weight is 713 g/mol. The van der Waals surface area contributed by atoms with Gasteiger partial charge in [0.25, 0.3) is 0 Å². The van der Waals surface area contributed by atoms with Crippen molar-refractivity contribution in [3.63, 3.8) is 0 Å². The van der Waals surface area contributed by atoms with Gasteiger partial charge in [-0.2, -0.15) is 0 Å². The van der Waals surface area contributed by atoms with Gasteiger partial charge in [-0.15, -0.1) is 0 Å². The molecule has 0 aliphatic carbocycles. The van der Waals surface area contributed by atoms with Gasteiger partial charge < -0.3 is 38.3 Å². The number of aliphatic hydroxyl groups excluding tert-OH is 1. The Hall–Kier alpha value is -0.810. The maximum atomic E-state index is 11.8. The van der Waals surface area contributed by atoms with Crippen molar-refractivity contribution in [1.29, 1.82) is 0 Å². The van der Waals surface area contributed by atoms with E-state index in [1.54, 1.807) is 14.2 Å². The third kappa shape index (κ3) is 17.3. The molecule has 0 spiro atoms. The fraction of sp³-hybridized carbons (Fsp3) is 0.976. The molecule has 1 N–H and O–H groups in total. The van der Waals surface area contributed by atoms with Gasteiger partial charge in [-0.3, -0.25) is 4.79 Å². The summed E-state index contributed by atoms with van der Waals surface area (Å²) in [5.74, 6) is -0.257. The second-order valence-electron chi connectivity index (χ2n) is 15.5. The normalized spacial score (nSPS) is 27.2. The lowest BCUT2D eigenvalue weighted by Crippen LogP contribution is -2.35. The molecule has 294 valence electrons. The third-order valence-corrected chi connectivity index (χ3v) is 11.2. The Labute approximate surface area is 305 Å². The lowest BCUT2D eigenvalue weighted by molar-refractivity contribution is -0.158. The van der Waals surface area contributed by atoms with Gasteiger partial charge in [0.1, 0.15) is 13.6 Å². The van der Waals surface area contributed by atoms with E-state index in [4.69, 9.17) is 33.2 Å². The van der Waals surface area contributed by atoms with Crippen molar-refractivity contribution in [1.82, 2.24) is 0 Å². The van der Waals surface area contributed by atoms with Gasteiger partial charge in [-0.1, -0.05) is 110 Å². The van der Waals surface area contributed by atoms with Crippen LogP contribution in [0, 0.1) is 5.92 Å². The summed E-state index contributed by atoms with van der Waals surface area (Å²) in [6, 6.07) is 0. The zero-order chi connectivity index (χ0) is 35.8. The molecular weight excluding hydrogens is 636 g/mol. The minimum atomic E-state index is -0.393. The molecule has 3 aliphatic rings. The van der Waals surface area contributed by atoms with Crippen LogP contribution in [-0.2, 0) is 38.0 Å². The predicted octanol–water partition coefficient (Wildman–Crippen LogP) is 9.19. The number of hydrogen-bond acceptors (Lipinski definition) is 9. The summed E-state index contributed by atoms with van der Waals surface area (Å²) in [5, 5.41) is 10.3. The molecular formula is C41H76O9. The smallest absolute Gasteiger partial charge is 0.309 e. The van der Waals surface area contributed by atoms with Crippen molar-refractivity contribution in [2.45, 2.75) is 223 Å². The molecule has 3 saturated heterocycles. The second kappa shape index (κ2) is 26.9. The molecule has 3 aliphatic heterocycles. The number of unbranched alkanes of at least 4 members (excludes halogenated alkanes) is 14. The van der Waals surface area contributed by atoms with Crippen LogP contribution in [0.1, 0.15) is 174 Å². The fourth-order valence-electron chi connectivity index (χ4n) is 8.28. The molecule has 3 fully saturated rings. The monoisotopic (exact) mass is 713 g/mol. The summed E-state index contributed by atoms with van der Waals surface area (Å²) in [7, 11) is 3.38. The number of hydrogen-bond donors (Lipinski definition) is 1. The van der Waals surface area contributed by atoms with Gasteiger partial charge in [-0.05, 0) is 64.7 Å². The molecule has 0 aromatic heterocycles. The predicted molar refractivity (Wildman–Crippen MR) is 197 cm³/mol. The lowest BCUT2D eigenvalue weighted by atomic mass is 9.95. The lowest BCUT2D eigenvalue weighted by Gasteiger charge is -2.27. The van der Waals surface area contributed by atoms with E-state index in [9.17, 15) is 9.90 Å². The Balaban J connectivity index is 1.26. The van der Waals surface area contributed by atoms with Crippen LogP contribution in [-0.4, -0.2) is 87.7 Å². The van der Waals surface area contributed by atoms with Crippen molar-refractivity contribution < 1.29 is 43.1 Å². The van der Waals surface area contributed by atoms with Crippen LogP contribution in [0.5, 0.6) is 0 Å². The van der Waals surface area contributed by atoms with Crippen LogP contribution in [0.3, 0.4) is 0 Å². The summed E-state index contributed by atoms with van der Waals surface area (Å²) >= 11 is 0. The molecule has 9 nitrogen and oxygen atoms in total. The molecule has 1 unspecified atom stereocenters. The Morgan fingerprint density at radius 1 is 0.660 bits per heavy atom. The summed E-state index contributed by atoms with van der Waals surface area (Å²) in [6.45, 7) is 4.81. The van der Waals surface area contributed by atoms with Crippen molar-refractivity contribution in [2.24, 2.45) is 5.92 Å². The van der Waals surface area contributed by atoms with Gasteiger partial charge >= 0.3 is 5.97 Å². The Kier molecular flexibility index (Phi) is 23.4. The molecule has 0 radical (unpaired) electrons. The first kappa shape index (κ1) is 43.6. The molecule has 0 aromatic rings. The molecule has 0 amide bonds. The van der Waals surface area contributed by atoms with Crippen LogP contribution < -0.4 is 0 Å². The molecule has 9 heteroatoms. The largest absolute Gasteiger partial charge is 0.462 e. The van der Waals surface area contributed by atoms with Crippen LogP contribution in [0.4, 0.5) is 0 Å². The van der Waals surface area contributed by atoms with E-state index in [1.807, 2.05) is 6.92 Å². The number of methoxy groups -OCH3 is 2. The summed E-state index contributed by atoms with van der Waals surface area (Å²) < 4.78 is 41.4. The van der Waals surface area contributed by atoms with E-state index >= 15 is 0 Å². The molecule has 0 bridgehead atoms. The topological polar surface area (TPSA) is 102 Å². The number of ether oxygens (including phenoxy) is 7. The first-order valence-corrected chi connectivity index (χ1v) is 20.9. The second-order valence-corrected chi connectivity index (χ2v) is 15.5. The first-order valence-electron chi connectivity index (χ1n) is 20.9. The summed E-state index contributed by atoms with van der Waals surface area (Å²) in [4.78, 5) is 11.8. The van der Waals surface area contributed by atoms with E-state index in [2.05, 4.69) is 6.92 Å². The number of rotatable bonds is 31. The van der Waals surface area contributed by atoms with E-state index in [0.29, 0.717) is 20.0 Å². The van der Waals surface area contributed by atoms with E-state index < -0.39 is 6.10 Å². The van der Waals surface area contributed by atoms with Crippen molar-refractivity contribution in [3.8, 4) is 0 Å². The van der Waals surface area contributed by atoms with Crippen LogP contribution in [0.15, 0.2) is 0 Å². The number of aliphatic hydroxyl groups is 1. The van der Waals surface area contributed by atoms with Crippen LogP contribution in [0.25, 0.3) is 0 Å². The minimum absolute atomic E-state index is 0.00709. The van der Waals surface area contributed by atoms with Gasteiger partial charge in [-0.25, -0.2) is 0 Å². The maximum absolute atomic E-state index is 11.8. The van der Waals surface area contributed by atoms with E-state index in [-0.39, 0.29) is 54.6 Å². The number of esters is 1. The van der Waals surface area contributed by atoms with Gasteiger partial charge in [0.2, 0.25) is 0 Å². The summed E-state index contributed by atoms with van der Waals surface area (Å²) in [5.41, 5.74) is 0. The highest BCUT2D eigenvalue weighted by Gasteiger charge is 2.42. The first-order chi connectivity index (χ1) is 24.4. The zero-order valence-electron chi connectivity index (χ0n) is 32.5. The van der Waals surface area contributed by atoms with Crippen LogP contribution >= 0.6 is 0 Å². The highest BCUT2D eigenvalue weighted by molar-refractivity contribution is 5.74. The Bertz CT molecular complexity index is 843. The SMILES string of the molecule is CCCCCCCCCC[C@@H](OCOC)[C@H]1CC[C@H]([C@H]2CC[C@H]([C@@H](CCCCCCCCCC[C@@H](O)CC3C[C@H](C)OC3=O)OCOC)O2)O1.